The van der Waals surface area contributed by atoms with Crippen molar-refractivity contribution in [2.24, 2.45) is 0 Å². The molecule has 2 N–H and O–H groups in total. The summed E-state index contributed by atoms with van der Waals surface area (Å²) in [4.78, 5) is 11.0. The molecule has 1 saturated carbocycles. The van der Waals surface area contributed by atoms with E-state index in [1.165, 1.54) is 0 Å². The van der Waals surface area contributed by atoms with Crippen LogP contribution in [0.2, 0.25) is 0 Å². The van der Waals surface area contributed by atoms with E-state index in [1.54, 1.807) is 13.3 Å². The van der Waals surface area contributed by atoms with Crippen LogP contribution in [0, 0.1) is 0 Å². The van der Waals surface area contributed by atoms with Crippen LogP contribution in [0.25, 0.3) is 22.3 Å². The van der Waals surface area contributed by atoms with Crippen molar-refractivity contribution in [1.29, 1.82) is 0 Å². The highest BCUT2D eigenvalue weighted by Crippen LogP contribution is 2.40. The molecule has 8 nitrogen and oxygen atoms in total. The van der Waals surface area contributed by atoms with Gasteiger partial charge in [-0.3, -0.25) is 5.10 Å². The van der Waals surface area contributed by atoms with Gasteiger partial charge >= 0.3 is 0 Å². The van der Waals surface area contributed by atoms with Crippen LogP contribution in [0.5, 0.6) is 5.75 Å². The minimum Gasteiger partial charge on any atom is -0.488 e. The number of aromatic amines is 1. The highest BCUT2D eigenvalue weighted by molar-refractivity contribution is 5.93. The molecule has 1 aromatic carbocycles. The third kappa shape index (κ3) is 3.65. The van der Waals surface area contributed by atoms with Gasteiger partial charge in [0.1, 0.15) is 35.3 Å². The number of anilines is 1. The van der Waals surface area contributed by atoms with Gasteiger partial charge in [0.2, 0.25) is 0 Å². The first-order valence-corrected chi connectivity index (χ1v) is 10.0. The molecule has 1 unspecified atom stereocenters. The molecule has 0 amide bonds. The lowest BCUT2D eigenvalue weighted by Gasteiger charge is -2.35. The molecule has 0 bridgehead atoms. The summed E-state index contributed by atoms with van der Waals surface area (Å²) in [7, 11) is 0. The Bertz CT molecular complexity index is 1030. The average Bonchev–Trinajstić information content (AvgIpc) is 3.31. The number of ether oxygens (including phenoxy) is 2. The van der Waals surface area contributed by atoms with Crippen molar-refractivity contribution in [2.75, 3.05) is 24.6 Å². The Morgan fingerprint density at radius 1 is 1.31 bits per heavy atom. The van der Waals surface area contributed by atoms with Crippen LogP contribution in [0.3, 0.4) is 0 Å². The van der Waals surface area contributed by atoms with Crippen LogP contribution < -0.4 is 9.64 Å². The van der Waals surface area contributed by atoms with E-state index in [2.05, 4.69) is 32.0 Å². The molecule has 3 aromatic rings. The lowest BCUT2D eigenvalue weighted by Crippen LogP contribution is -2.47. The van der Waals surface area contributed by atoms with E-state index in [9.17, 15) is 5.11 Å². The third-order valence-corrected chi connectivity index (χ3v) is 5.70. The molecule has 5 rings (SSSR count). The Balaban J connectivity index is 1.45. The number of aliphatic hydroxyl groups excluding tert-OH is 1. The van der Waals surface area contributed by atoms with Crippen LogP contribution in [0.4, 0.5) is 5.82 Å². The van der Waals surface area contributed by atoms with Crippen LogP contribution in [0.15, 0.2) is 30.6 Å². The Hall–Kier alpha value is -2.71. The van der Waals surface area contributed by atoms with E-state index in [-0.39, 0.29) is 11.7 Å². The zero-order chi connectivity index (χ0) is 20.0. The largest absolute Gasteiger partial charge is 0.488 e. The summed E-state index contributed by atoms with van der Waals surface area (Å²) < 4.78 is 11.8. The van der Waals surface area contributed by atoms with Crippen LogP contribution in [-0.4, -0.2) is 62.8 Å². The van der Waals surface area contributed by atoms with Crippen LogP contribution in [-0.2, 0) is 4.74 Å². The molecule has 2 aliphatic rings. The average molecular weight is 395 g/mol. The normalized spacial score (nSPS) is 21.9. The molecule has 29 heavy (non-hydrogen) atoms. The minimum absolute atomic E-state index is 0.0314. The molecule has 0 radical (unpaired) electrons. The van der Waals surface area contributed by atoms with E-state index < -0.39 is 6.10 Å². The summed E-state index contributed by atoms with van der Waals surface area (Å²) in [6, 6.07) is 7.93. The Morgan fingerprint density at radius 3 is 2.97 bits per heavy atom. The SMILES string of the molecule is C[C@@H](O)C1CN(c2cc(-c3n[nH]c4ccc(OC5(C)CC5)cc34)ncn2)CCO1. The number of fused-ring (bicyclic) bond motifs is 1. The van der Waals surface area contributed by atoms with E-state index in [0.717, 1.165) is 53.2 Å². The van der Waals surface area contributed by atoms with Crippen LogP contribution in [0.1, 0.15) is 26.7 Å². The van der Waals surface area contributed by atoms with Crippen molar-refractivity contribution in [3.8, 4) is 17.1 Å². The second kappa shape index (κ2) is 6.96. The monoisotopic (exact) mass is 395 g/mol. The number of H-pyrrole nitrogens is 1. The number of nitrogens with zero attached hydrogens (tertiary/aromatic N) is 4. The van der Waals surface area contributed by atoms with Gasteiger partial charge in [-0.1, -0.05) is 0 Å². The number of rotatable bonds is 5. The predicted octanol–water partition coefficient (Wildman–Crippen LogP) is 2.54. The van der Waals surface area contributed by atoms with Crippen molar-refractivity contribution in [3.05, 3.63) is 30.6 Å². The van der Waals surface area contributed by atoms with Gasteiger partial charge in [0, 0.05) is 24.5 Å². The van der Waals surface area contributed by atoms with Gasteiger partial charge in [-0.05, 0) is 44.9 Å². The molecule has 3 heterocycles. The summed E-state index contributed by atoms with van der Waals surface area (Å²) >= 11 is 0. The molecule has 8 heteroatoms. The van der Waals surface area contributed by atoms with E-state index in [0.29, 0.717) is 13.2 Å². The van der Waals surface area contributed by atoms with E-state index in [1.807, 2.05) is 24.3 Å². The fourth-order valence-electron chi connectivity index (χ4n) is 3.64. The molecule has 1 aliphatic heterocycles. The first kappa shape index (κ1) is 18.3. The van der Waals surface area contributed by atoms with Crippen molar-refractivity contribution in [2.45, 2.75) is 44.5 Å². The smallest absolute Gasteiger partial charge is 0.132 e. The maximum Gasteiger partial charge on any atom is 0.132 e. The Kier molecular flexibility index (Phi) is 4.40. The Morgan fingerprint density at radius 2 is 2.17 bits per heavy atom. The minimum atomic E-state index is -0.527. The molecule has 2 atom stereocenters. The number of nitrogens with one attached hydrogen (secondary N) is 1. The molecule has 1 aliphatic carbocycles. The molecular weight excluding hydrogens is 370 g/mol. The highest BCUT2D eigenvalue weighted by atomic mass is 16.5. The quantitative estimate of drug-likeness (QED) is 0.685. The van der Waals surface area contributed by atoms with Crippen LogP contribution >= 0.6 is 0 Å². The lowest BCUT2D eigenvalue weighted by atomic mass is 10.1. The summed E-state index contributed by atoms with van der Waals surface area (Å²) in [5.74, 6) is 1.65. The number of aliphatic hydroxyl groups is 1. The number of hydrogen-bond donors (Lipinski definition) is 2. The molecule has 2 aromatic heterocycles. The number of morpholine rings is 1. The predicted molar refractivity (Wildman–Crippen MR) is 109 cm³/mol. The molecule has 2 fully saturated rings. The van der Waals surface area contributed by atoms with Gasteiger partial charge in [0.05, 0.1) is 23.9 Å². The topological polar surface area (TPSA) is 96.4 Å². The van der Waals surface area contributed by atoms with Gasteiger partial charge < -0.3 is 19.5 Å². The number of aromatic nitrogens is 4. The summed E-state index contributed by atoms with van der Waals surface area (Å²) in [6.45, 7) is 5.74. The fourth-order valence-corrected chi connectivity index (χ4v) is 3.64. The maximum atomic E-state index is 9.87. The van der Waals surface area contributed by atoms with Gasteiger partial charge in [-0.25, -0.2) is 9.97 Å². The van der Waals surface area contributed by atoms with Crippen molar-refractivity contribution in [1.82, 2.24) is 20.2 Å². The second-order valence-electron chi connectivity index (χ2n) is 8.19. The van der Waals surface area contributed by atoms with Gasteiger partial charge in [-0.15, -0.1) is 0 Å². The first-order valence-electron chi connectivity index (χ1n) is 10.0. The number of hydrogen-bond acceptors (Lipinski definition) is 7. The zero-order valence-corrected chi connectivity index (χ0v) is 16.6. The second-order valence-corrected chi connectivity index (χ2v) is 8.19. The maximum absolute atomic E-state index is 9.87. The zero-order valence-electron chi connectivity index (χ0n) is 16.6. The van der Waals surface area contributed by atoms with Crippen molar-refractivity contribution < 1.29 is 14.6 Å². The molecule has 152 valence electrons. The summed E-state index contributed by atoms with van der Waals surface area (Å²) in [5.41, 5.74) is 2.43. The number of benzene rings is 1. The lowest BCUT2D eigenvalue weighted by molar-refractivity contribution is -0.0366. The molecular formula is C21H25N5O3. The third-order valence-electron chi connectivity index (χ3n) is 5.70. The summed E-state index contributed by atoms with van der Waals surface area (Å²) in [6.07, 6.45) is 2.98. The van der Waals surface area contributed by atoms with E-state index >= 15 is 0 Å². The molecule has 0 spiro atoms. The Labute approximate surface area is 168 Å². The van der Waals surface area contributed by atoms with Gasteiger partial charge in [0.25, 0.3) is 0 Å². The van der Waals surface area contributed by atoms with E-state index in [4.69, 9.17) is 9.47 Å². The molecule has 1 saturated heterocycles. The standard InChI is InChI=1S/C21H25N5O3/c1-13(27)18-11-26(7-8-28-18)19-10-17(22-12-23-19)20-15-9-14(29-21(2)5-6-21)3-4-16(15)24-25-20/h3-4,9-10,12-13,18,27H,5-8,11H2,1-2H3,(H,24,25)/t13-,18?/m1/s1. The van der Waals surface area contributed by atoms with Crippen molar-refractivity contribution >= 4 is 16.7 Å². The van der Waals surface area contributed by atoms with Gasteiger partial charge in [-0.2, -0.15) is 5.10 Å². The van der Waals surface area contributed by atoms with Crippen molar-refractivity contribution in [3.63, 3.8) is 0 Å². The highest BCUT2D eigenvalue weighted by Gasteiger charge is 2.40. The first-order chi connectivity index (χ1) is 14.0. The van der Waals surface area contributed by atoms with Gasteiger partial charge in [0.15, 0.2) is 0 Å². The summed E-state index contributed by atoms with van der Waals surface area (Å²) in [5, 5.41) is 18.4. The fraction of sp³-hybridized carbons (Fsp3) is 0.476.